The normalized spacial score (nSPS) is 19.9. The first kappa shape index (κ1) is 11.1. The summed E-state index contributed by atoms with van der Waals surface area (Å²) in [6, 6.07) is 5.38. The number of anilines is 1. The molecule has 1 fully saturated rings. The number of carbonyl (C=O) groups is 1. The molecule has 2 heterocycles. The van der Waals surface area contributed by atoms with Gasteiger partial charge in [-0.1, -0.05) is 15.9 Å². The van der Waals surface area contributed by atoms with E-state index in [1.807, 2.05) is 6.07 Å². The van der Waals surface area contributed by atoms with E-state index in [0.717, 1.165) is 11.0 Å². The van der Waals surface area contributed by atoms with Crippen LogP contribution in [0.1, 0.15) is 12.1 Å². The van der Waals surface area contributed by atoms with Gasteiger partial charge >= 0.3 is 0 Å². The second kappa shape index (κ2) is 4.62. The highest BCUT2D eigenvalue weighted by Gasteiger charge is 2.29. The number of amides is 1. The third-order valence-corrected chi connectivity index (χ3v) is 3.51. The first-order valence-electron chi connectivity index (χ1n) is 4.97. The molecule has 0 saturated carbocycles. The van der Waals surface area contributed by atoms with Gasteiger partial charge in [-0.15, -0.1) is 0 Å². The molecule has 0 N–H and O–H groups in total. The molecule has 82 valence electrons. The number of aromatic nitrogens is 1. The predicted molar refractivity (Wildman–Crippen MR) is 63.2 cm³/mol. The Kier molecular flexibility index (Phi) is 3.20. The van der Waals surface area contributed by atoms with Gasteiger partial charge in [0.05, 0.1) is 0 Å². The Hall–Kier alpha value is -1.41. The summed E-state index contributed by atoms with van der Waals surface area (Å²) in [5.74, 6) is 0.464. The Labute approximate surface area is 102 Å². The molecule has 0 bridgehead atoms. The molecule has 1 aliphatic rings. The van der Waals surface area contributed by atoms with Crippen molar-refractivity contribution in [1.29, 1.82) is 5.26 Å². The summed E-state index contributed by atoms with van der Waals surface area (Å²) in [6.45, 7) is 0.707. The van der Waals surface area contributed by atoms with E-state index in [4.69, 9.17) is 5.26 Å². The molecule has 2 rings (SSSR count). The molecule has 1 aromatic rings. The van der Waals surface area contributed by atoms with Gasteiger partial charge in [0.15, 0.2) is 0 Å². The van der Waals surface area contributed by atoms with Crippen LogP contribution in [0.15, 0.2) is 18.3 Å². The molecule has 16 heavy (non-hydrogen) atoms. The zero-order valence-electron chi connectivity index (χ0n) is 8.56. The zero-order chi connectivity index (χ0) is 11.5. The Balaban J connectivity index is 2.25. The van der Waals surface area contributed by atoms with Crippen LogP contribution < -0.4 is 4.90 Å². The van der Waals surface area contributed by atoms with Crippen molar-refractivity contribution in [2.24, 2.45) is 5.92 Å². The summed E-state index contributed by atoms with van der Waals surface area (Å²) in [5.41, 5.74) is 1.10. The Bertz CT molecular complexity index is 455. The highest BCUT2D eigenvalue weighted by molar-refractivity contribution is 9.09. The maximum absolute atomic E-state index is 11.7. The van der Waals surface area contributed by atoms with Crippen molar-refractivity contribution in [3.05, 3.63) is 24.0 Å². The van der Waals surface area contributed by atoms with Crippen molar-refractivity contribution in [1.82, 2.24) is 4.98 Å². The van der Waals surface area contributed by atoms with Gasteiger partial charge in [0, 0.05) is 30.2 Å². The minimum absolute atomic E-state index is 0.111. The Morgan fingerprint density at radius 3 is 3.12 bits per heavy atom. The van der Waals surface area contributed by atoms with Gasteiger partial charge in [0.2, 0.25) is 5.91 Å². The molecular formula is C11H10BrN3O. The predicted octanol–water partition coefficient (Wildman–Crippen LogP) is 1.70. The molecule has 0 aromatic carbocycles. The molecule has 0 aliphatic carbocycles. The zero-order valence-corrected chi connectivity index (χ0v) is 10.1. The molecule has 4 nitrogen and oxygen atoms in total. The fourth-order valence-corrected chi connectivity index (χ4v) is 2.22. The number of halogens is 1. The number of rotatable bonds is 2. The monoisotopic (exact) mass is 279 g/mol. The molecule has 1 aromatic heterocycles. The van der Waals surface area contributed by atoms with Crippen LogP contribution in [0, 0.1) is 17.2 Å². The number of carbonyl (C=O) groups excluding carboxylic acids is 1. The lowest BCUT2D eigenvalue weighted by molar-refractivity contribution is -0.117. The lowest BCUT2D eigenvalue weighted by Gasteiger charge is -2.16. The summed E-state index contributed by atoms with van der Waals surface area (Å²) in [4.78, 5) is 17.3. The van der Waals surface area contributed by atoms with Crippen LogP contribution in [0.2, 0.25) is 0 Å². The maximum atomic E-state index is 11.7. The quantitative estimate of drug-likeness (QED) is 0.775. The van der Waals surface area contributed by atoms with Crippen molar-refractivity contribution >= 4 is 27.5 Å². The minimum atomic E-state index is 0.111. The number of hydrogen-bond donors (Lipinski definition) is 0. The first-order chi connectivity index (χ1) is 7.74. The molecule has 5 heteroatoms. The number of nitrogens with zero attached hydrogens (tertiary/aromatic N) is 3. The van der Waals surface area contributed by atoms with E-state index in [-0.39, 0.29) is 5.91 Å². The van der Waals surface area contributed by atoms with E-state index in [1.54, 1.807) is 23.2 Å². The topological polar surface area (TPSA) is 57.0 Å². The van der Waals surface area contributed by atoms with E-state index in [9.17, 15) is 4.79 Å². The van der Waals surface area contributed by atoms with Crippen LogP contribution in [0.5, 0.6) is 0 Å². The van der Waals surface area contributed by atoms with Crippen molar-refractivity contribution < 1.29 is 4.79 Å². The largest absolute Gasteiger partial charge is 0.312 e. The molecule has 0 radical (unpaired) electrons. The van der Waals surface area contributed by atoms with E-state index < -0.39 is 0 Å². The lowest BCUT2D eigenvalue weighted by atomic mass is 10.2. The van der Waals surface area contributed by atoms with Gasteiger partial charge in [-0.05, 0) is 18.1 Å². The standard InChI is InChI=1S/C11H10BrN3O/c12-5-8-3-11(16)15(7-8)10-1-2-14-9(4-10)6-13/h1-2,4,8H,3,5,7H2. The molecule has 1 atom stereocenters. The average Bonchev–Trinajstić information content (AvgIpc) is 2.71. The van der Waals surface area contributed by atoms with E-state index in [2.05, 4.69) is 20.9 Å². The van der Waals surface area contributed by atoms with Crippen LogP contribution in [0.25, 0.3) is 0 Å². The fourth-order valence-electron chi connectivity index (χ4n) is 1.78. The van der Waals surface area contributed by atoms with Gasteiger partial charge in [-0.3, -0.25) is 4.79 Å². The molecule has 1 saturated heterocycles. The van der Waals surface area contributed by atoms with E-state index in [1.165, 1.54) is 0 Å². The van der Waals surface area contributed by atoms with Crippen molar-refractivity contribution in [3.63, 3.8) is 0 Å². The van der Waals surface area contributed by atoms with E-state index >= 15 is 0 Å². The summed E-state index contributed by atoms with van der Waals surface area (Å²) in [6.07, 6.45) is 2.12. The Morgan fingerprint density at radius 1 is 1.69 bits per heavy atom. The minimum Gasteiger partial charge on any atom is -0.312 e. The molecule has 1 amide bonds. The van der Waals surface area contributed by atoms with Gasteiger partial charge in [-0.25, -0.2) is 4.98 Å². The smallest absolute Gasteiger partial charge is 0.227 e. The Morgan fingerprint density at radius 2 is 2.50 bits per heavy atom. The van der Waals surface area contributed by atoms with Crippen LogP contribution >= 0.6 is 15.9 Å². The van der Waals surface area contributed by atoms with Gasteiger partial charge in [0.25, 0.3) is 0 Å². The number of alkyl halides is 1. The molecular weight excluding hydrogens is 270 g/mol. The number of hydrogen-bond acceptors (Lipinski definition) is 3. The van der Waals surface area contributed by atoms with Crippen molar-refractivity contribution in [3.8, 4) is 6.07 Å². The first-order valence-corrected chi connectivity index (χ1v) is 6.09. The van der Waals surface area contributed by atoms with Gasteiger partial charge in [-0.2, -0.15) is 5.26 Å². The molecule has 1 aliphatic heterocycles. The fraction of sp³-hybridized carbons (Fsp3) is 0.364. The molecule has 1 unspecified atom stereocenters. The molecule has 0 spiro atoms. The lowest BCUT2D eigenvalue weighted by Crippen LogP contribution is -2.24. The van der Waals surface area contributed by atoms with Crippen LogP contribution in [0.4, 0.5) is 5.69 Å². The summed E-state index contributed by atoms with van der Waals surface area (Å²) >= 11 is 3.39. The third kappa shape index (κ3) is 2.07. The SMILES string of the molecule is N#Cc1cc(N2CC(CBr)CC2=O)ccn1. The highest BCUT2D eigenvalue weighted by atomic mass is 79.9. The van der Waals surface area contributed by atoms with E-state index in [0.29, 0.717) is 24.6 Å². The van der Waals surface area contributed by atoms with Crippen molar-refractivity contribution in [2.45, 2.75) is 6.42 Å². The highest BCUT2D eigenvalue weighted by Crippen LogP contribution is 2.25. The second-order valence-corrected chi connectivity index (χ2v) is 4.39. The number of pyridine rings is 1. The van der Waals surface area contributed by atoms with Crippen LogP contribution in [-0.2, 0) is 4.79 Å². The summed E-state index contributed by atoms with van der Waals surface area (Å²) in [7, 11) is 0. The summed E-state index contributed by atoms with van der Waals surface area (Å²) in [5, 5.41) is 9.57. The summed E-state index contributed by atoms with van der Waals surface area (Å²) < 4.78 is 0. The second-order valence-electron chi connectivity index (χ2n) is 3.74. The average molecular weight is 280 g/mol. The van der Waals surface area contributed by atoms with Gasteiger partial charge < -0.3 is 4.90 Å². The third-order valence-electron chi connectivity index (χ3n) is 2.59. The van der Waals surface area contributed by atoms with Crippen LogP contribution in [0.3, 0.4) is 0 Å². The maximum Gasteiger partial charge on any atom is 0.227 e. The van der Waals surface area contributed by atoms with Gasteiger partial charge in [0.1, 0.15) is 11.8 Å². The van der Waals surface area contributed by atoms with Crippen LogP contribution in [-0.4, -0.2) is 22.8 Å². The number of nitriles is 1. The van der Waals surface area contributed by atoms with Crippen molar-refractivity contribution in [2.75, 3.05) is 16.8 Å².